The second-order valence-electron chi connectivity index (χ2n) is 12.0. The molecule has 0 amide bonds. The second-order valence-corrected chi connectivity index (χ2v) is 12.4. The molecule has 266 valence electrons. The summed E-state index contributed by atoms with van der Waals surface area (Å²) < 4.78 is 13.1. The van der Waals surface area contributed by atoms with Crippen LogP contribution in [0, 0.1) is 0 Å². The van der Waals surface area contributed by atoms with E-state index in [0.29, 0.717) is 28.3 Å². The highest BCUT2D eigenvalue weighted by Gasteiger charge is 2.17. The lowest BCUT2D eigenvalue weighted by Crippen LogP contribution is -2.26. The number of benzene rings is 3. The third-order valence-corrected chi connectivity index (χ3v) is 8.05. The minimum absolute atomic E-state index is 0.0180. The first-order chi connectivity index (χ1) is 23.7. The van der Waals surface area contributed by atoms with Crippen molar-refractivity contribution in [2.45, 2.75) is 99.1 Å². The molecule has 3 aromatic carbocycles. The van der Waals surface area contributed by atoms with Crippen molar-refractivity contribution in [2.75, 3.05) is 19.7 Å². The molecule has 0 saturated carbocycles. The molecule has 0 bridgehead atoms. The van der Waals surface area contributed by atoms with E-state index in [9.17, 15) is 9.59 Å². The van der Waals surface area contributed by atoms with Gasteiger partial charge in [0.2, 0.25) is 0 Å². The van der Waals surface area contributed by atoms with Gasteiger partial charge in [-0.25, -0.2) is 4.98 Å². The minimum Gasteiger partial charge on any atom is -0.489 e. The summed E-state index contributed by atoms with van der Waals surface area (Å²) in [6.07, 6.45) is 6.59. The second kappa shape index (κ2) is 22.6. The zero-order chi connectivity index (χ0) is 36.2. The van der Waals surface area contributed by atoms with E-state index in [2.05, 4.69) is 51.8 Å². The van der Waals surface area contributed by atoms with Crippen LogP contribution in [0.2, 0.25) is 5.02 Å². The highest BCUT2D eigenvalue weighted by molar-refractivity contribution is 6.30. The van der Waals surface area contributed by atoms with Crippen molar-refractivity contribution >= 4 is 28.3 Å². The molecule has 0 radical (unpaired) electrons. The van der Waals surface area contributed by atoms with Crippen LogP contribution in [0.4, 0.5) is 0 Å². The van der Waals surface area contributed by atoms with Gasteiger partial charge in [0.15, 0.2) is 5.78 Å². The van der Waals surface area contributed by atoms with E-state index >= 15 is 0 Å². The molecular formula is C41H56ClN3O4. The Morgan fingerprint density at radius 3 is 2.22 bits per heavy atom. The summed E-state index contributed by atoms with van der Waals surface area (Å²) in [6.45, 7) is 21.5. The van der Waals surface area contributed by atoms with E-state index in [1.807, 2.05) is 50.2 Å². The number of hydrogen-bond donors (Lipinski definition) is 0. The van der Waals surface area contributed by atoms with Crippen molar-refractivity contribution in [1.82, 2.24) is 14.5 Å². The fourth-order valence-electron chi connectivity index (χ4n) is 5.17. The number of fused-ring (bicyclic) bond motifs is 1. The summed E-state index contributed by atoms with van der Waals surface area (Å²) in [4.78, 5) is 32.4. The first-order valence-electron chi connectivity index (χ1n) is 17.6. The molecule has 0 N–H and O–H groups in total. The molecule has 0 aliphatic carbocycles. The third-order valence-electron chi connectivity index (χ3n) is 7.80. The van der Waals surface area contributed by atoms with Gasteiger partial charge < -0.3 is 9.47 Å². The standard InChI is InChI=1S/C27H37N3O2.C12H15ClO2.C2H4/c1-6-9-10-15-26-28-23-17-16-21(19-29(7-2)8-3)18-22(23)27(31)30(26)24-13-11-12-14-25(24)32-20(4)5;1-2-3-4-11(14)9-15-12-7-5-10(13)6-8-12;1-2/h11-14,16-18,20H,6-10,15,19H2,1-5H3;5-8H,2-4,9H2,1H3;1-2H2. The average molecular weight is 690 g/mol. The predicted molar refractivity (Wildman–Crippen MR) is 206 cm³/mol. The van der Waals surface area contributed by atoms with Gasteiger partial charge in [-0.1, -0.05) is 76.8 Å². The number of ketones is 1. The summed E-state index contributed by atoms with van der Waals surface area (Å²) in [5, 5.41) is 1.33. The molecule has 0 atom stereocenters. The Morgan fingerprint density at radius 2 is 1.59 bits per heavy atom. The number of hydrogen-bond acceptors (Lipinski definition) is 6. The van der Waals surface area contributed by atoms with E-state index in [4.69, 9.17) is 26.1 Å². The summed E-state index contributed by atoms with van der Waals surface area (Å²) in [5.41, 5.74) is 2.64. The number of aromatic nitrogens is 2. The molecule has 0 unspecified atom stereocenters. The molecule has 0 aliphatic heterocycles. The van der Waals surface area contributed by atoms with Gasteiger partial charge in [-0.2, -0.15) is 0 Å². The molecule has 7 nitrogen and oxygen atoms in total. The molecule has 4 aromatic rings. The summed E-state index contributed by atoms with van der Waals surface area (Å²) in [5.74, 6) is 2.34. The summed E-state index contributed by atoms with van der Waals surface area (Å²) in [6, 6.07) is 20.9. The first kappa shape index (κ1) is 41.2. The van der Waals surface area contributed by atoms with Crippen LogP contribution in [0.5, 0.6) is 11.5 Å². The van der Waals surface area contributed by atoms with Gasteiger partial charge in [-0.3, -0.25) is 19.1 Å². The number of ether oxygens (including phenoxy) is 2. The molecule has 0 fully saturated rings. The van der Waals surface area contributed by atoms with Crippen molar-refractivity contribution in [1.29, 1.82) is 0 Å². The van der Waals surface area contributed by atoms with Crippen LogP contribution in [-0.2, 0) is 17.8 Å². The number of halogens is 1. The Balaban J connectivity index is 0.000000410. The summed E-state index contributed by atoms with van der Waals surface area (Å²) >= 11 is 5.72. The number of Topliss-reactive ketones (excluding diaryl/α,β-unsaturated/α-hetero) is 1. The van der Waals surface area contributed by atoms with Gasteiger partial charge in [-0.05, 0) is 93.9 Å². The van der Waals surface area contributed by atoms with E-state index in [1.54, 1.807) is 28.8 Å². The van der Waals surface area contributed by atoms with Crippen LogP contribution >= 0.6 is 11.6 Å². The van der Waals surface area contributed by atoms with Crippen molar-refractivity contribution in [3.05, 3.63) is 107 Å². The lowest BCUT2D eigenvalue weighted by molar-refractivity contribution is -0.121. The third kappa shape index (κ3) is 13.5. The maximum absolute atomic E-state index is 13.9. The van der Waals surface area contributed by atoms with Crippen LogP contribution in [0.3, 0.4) is 0 Å². The topological polar surface area (TPSA) is 73.7 Å². The van der Waals surface area contributed by atoms with E-state index in [-0.39, 0.29) is 24.1 Å². The molecule has 49 heavy (non-hydrogen) atoms. The van der Waals surface area contributed by atoms with Crippen molar-refractivity contribution in [3.8, 4) is 17.2 Å². The smallest absolute Gasteiger partial charge is 0.266 e. The number of carbonyl (C=O) groups excluding carboxylic acids is 1. The first-order valence-corrected chi connectivity index (χ1v) is 18.0. The molecular weight excluding hydrogens is 634 g/mol. The molecule has 4 rings (SSSR count). The number of unbranched alkanes of at least 4 members (excludes halogenated alkanes) is 3. The van der Waals surface area contributed by atoms with Crippen LogP contribution in [0.15, 0.2) is 84.7 Å². The molecule has 0 saturated heterocycles. The van der Waals surface area contributed by atoms with Crippen LogP contribution in [-0.4, -0.2) is 46.0 Å². The number of para-hydroxylation sites is 2. The van der Waals surface area contributed by atoms with E-state index in [1.165, 1.54) is 0 Å². The quantitative estimate of drug-likeness (QED) is 0.0812. The zero-order valence-electron chi connectivity index (χ0n) is 30.5. The number of aryl methyl sites for hydroxylation is 1. The van der Waals surface area contributed by atoms with Crippen LogP contribution in [0.25, 0.3) is 16.6 Å². The normalized spacial score (nSPS) is 10.7. The highest BCUT2D eigenvalue weighted by atomic mass is 35.5. The lowest BCUT2D eigenvalue weighted by Gasteiger charge is -2.20. The molecule has 1 aromatic heterocycles. The van der Waals surface area contributed by atoms with Gasteiger partial charge in [0.05, 0.1) is 22.7 Å². The highest BCUT2D eigenvalue weighted by Crippen LogP contribution is 2.25. The maximum Gasteiger partial charge on any atom is 0.266 e. The van der Waals surface area contributed by atoms with Crippen molar-refractivity contribution in [2.24, 2.45) is 0 Å². The number of rotatable bonds is 17. The Hall–Kier alpha value is -3.94. The van der Waals surface area contributed by atoms with Gasteiger partial charge in [0, 0.05) is 24.4 Å². The number of carbonyl (C=O) groups is 1. The van der Waals surface area contributed by atoms with E-state index in [0.717, 1.165) is 80.8 Å². The SMILES string of the molecule is C=C.CCCCC(=O)COc1ccc(Cl)cc1.CCCCCc1nc2ccc(CN(CC)CC)cc2c(=O)n1-c1ccccc1OC(C)C. The Morgan fingerprint density at radius 1 is 0.918 bits per heavy atom. The molecule has 1 heterocycles. The molecule has 0 spiro atoms. The Labute approximate surface area is 298 Å². The Kier molecular flexibility index (Phi) is 19.1. The van der Waals surface area contributed by atoms with Gasteiger partial charge in [-0.15, -0.1) is 13.2 Å². The average Bonchev–Trinajstić information content (AvgIpc) is 3.11. The monoisotopic (exact) mass is 689 g/mol. The molecule has 8 heteroatoms. The largest absolute Gasteiger partial charge is 0.489 e. The zero-order valence-corrected chi connectivity index (χ0v) is 31.2. The van der Waals surface area contributed by atoms with Crippen LogP contribution in [0.1, 0.15) is 91.5 Å². The predicted octanol–water partition coefficient (Wildman–Crippen LogP) is 10.0. The number of nitrogens with zero attached hydrogens (tertiary/aromatic N) is 3. The minimum atomic E-state index is -0.0253. The fraction of sp³-hybridized carbons (Fsp3) is 0.439. The lowest BCUT2D eigenvalue weighted by atomic mass is 10.1. The van der Waals surface area contributed by atoms with Gasteiger partial charge >= 0.3 is 0 Å². The van der Waals surface area contributed by atoms with Crippen LogP contribution < -0.4 is 15.0 Å². The maximum atomic E-state index is 13.9. The van der Waals surface area contributed by atoms with Gasteiger partial charge in [0.1, 0.15) is 23.9 Å². The van der Waals surface area contributed by atoms with E-state index < -0.39 is 0 Å². The van der Waals surface area contributed by atoms with Gasteiger partial charge in [0.25, 0.3) is 5.56 Å². The van der Waals surface area contributed by atoms with Crippen molar-refractivity contribution < 1.29 is 14.3 Å². The van der Waals surface area contributed by atoms with Crippen molar-refractivity contribution in [3.63, 3.8) is 0 Å². The summed E-state index contributed by atoms with van der Waals surface area (Å²) in [7, 11) is 0. The Bertz CT molecular complexity index is 1610. The molecule has 0 aliphatic rings. The fourth-order valence-corrected chi connectivity index (χ4v) is 5.29.